The largest absolute Gasteiger partial charge is 0.278 e. The Labute approximate surface area is 91.1 Å². The van der Waals surface area contributed by atoms with Crippen LogP contribution in [0.2, 0.25) is 0 Å². The Kier molecular flexibility index (Phi) is 2.77. The Hall–Kier alpha value is -1.12. The van der Waals surface area contributed by atoms with Gasteiger partial charge in [0.05, 0.1) is 0 Å². The highest BCUT2D eigenvalue weighted by atomic mass is 16.2. The minimum Gasteiger partial charge on any atom is -0.278 e. The molecule has 0 aromatic heterocycles. The third-order valence-electron chi connectivity index (χ3n) is 2.65. The van der Waals surface area contributed by atoms with Crippen LogP contribution in [0, 0.1) is 11.3 Å². The first-order chi connectivity index (χ1) is 6.68. The van der Waals surface area contributed by atoms with Crippen LogP contribution in [0.25, 0.3) is 0 Å². The summed E-state index contributed by atoms with van der Waals surface area (Å²) in [4.78, 5) is 25.0. The molecule has 3 heteroatoms. The molecule has 1 heterocycles. The fraction of sp³-hybridized carbons (Fsp3) is 0.667. The predicted molar refractivity (Wildman–Crippen MR) is 59.1 cm³/mol. The lowest BCUT2D eigenvalue weighted by Gasteiger charge is -2.21. The Bertz CT molecular complexity index is 345. The van der Waals surface area contributed by atoms with Crippen molar-refractivity contribution in [3.8, 4) is 0 Å². The summed E-state index contributed by atoms with van der Waals surface area (Å²) in [5.74, 6) is -0.184. The zero-order valence-corrected chi connectivity index (χ0v) is 10.3. The summed E-state index contributed by atoms with van der Waals surface area (Å²) < 4.78 is 0. The molecule has 0 bridgehead atoms. The van der Waals surface area contributed by atoms with E-state index in [-0.39, 0.29) is 23.1 Å². The quantitative estimate of drug-likeness (QED) is 0.619. The second kappa shape index (κ2) is 3.47. The molecule has 0 fully saturated rings. The van der Waals surface area contributed by atoms with E-state index in [0.717, 1.165) is 0 Å². The molecule has 84 valence electrons. The second-order valence-electron chi connectivity index (χ2n) is 5.36. The molecule has 0 radical (unpaired) electrons. The van der Waals surface area contributed by atoms with Gasteiger partial charge in [0.1, 0.15) is 0 Å². The van der Waals surface area contributed by atoms with E-state index < -0.39 is 0 Å². The normalized spacial score (nSPS) is 18.5. The summed E-state index contributed by atoms with van der Waals surface area (Å²) in [5, 5.41) is 0. The Balaban J connectivity index is 3.38. The summed E-state index contributed by atoms with van der Waals surface area (Å²) in [6.45, 7) is 9.80. The van der Waals surface area contributed by atoms with Crippen molar-refractivity contribution in [2.75, 3.05) is 7.05 Å². The molecule has 0 aromatic rings. The highest BCUT2D eigenvalue weighted by Crippen LogP contribution is 2.37. The van der Waals surface area contributed by atoms with Gasteiger partial charge >= 0.3 is 0 Å². The second-order valence-corrected chi connectivity index (χ2v) is 5.36. The Morgan fingerprint density at radius 2 is 1.53 bits per heavy atom. The van der Waals surface area contributed by atoms with Crippen molar-refractivity contribution in [2.24, 2.45) is 11.3 Å². The fourth-order valence-electron chi connectivity index (χ4n) is 1.92. The number of imide groups is 1. The highest BCUT2D eigenvalue weighted by molar-refractivity contribution is 6.19. The summed E-state index contributed by atoms with van der Waals surface area (Å²) in [6.07, 6.45) is 0. The average molecular weight is 209 g/mol. The van der Waals surface area contributed by atoms with Crippen LogP contribution >= 0.6 is 0 Å². The van der Waals surface area contributed by atoms with Gasteiger partial charge in [0.2, 0.25) is 0 Å². The number of carbonyl (C=O) groups excluding carboxylic acids is 2. The zero-order chi connectivity index (χ0) is 12.0. The first-order valence-electron chi connectivity index (χ1n) is 5.25. The van der Waals surface area contributed by atoms with Crippen LogP contribution in [0.5, 0.6) is 0 Å². The standard InChI is InChI=1S/C12H19NO2/c1-7(2)8-9(12(3,4)5)11(15)13(6)10(8)14/h7H,1-6H3. The molecular formula is C12H19NO2. The van der Waals surface area contributed by atoms with Crippen LogP contribution in [0.15, 0.2) is 11.1 Å². The molecule has 0 spiro atoms. The van der Waals surface area contributed by atoms with Crippen molar-refractivity contribution in [1.82, 2.24) is 4.90 Å². The monoisotopic (exact) mass is 209 g/mol. The van der Waals surface area contributed by atoms with Gasteiger partial charge in [-0.25, -0.2) is 0 Å². The van der Waals surface area contributed by atoms with Gasteiger partial charge in [-0.15, -0.1) is 0 Å². The predicted octanol–water partition coefficient (Wildman–Crippen LogP) is 1.98. The van der Waals surface area contributed by atoms with Gasteiger partial charge in [-0.1, -0.05) is 34.6 Å². The van der Waals surface area contributed by atoms with Crippen LogP contribution in [0.3, 0.4) is 0 Å². The van der Waals surface area contributed by atoms with Crippen LogP contribution in [-0.2, 0) is 9.59 Å². The Morgan fingerprint density at radius 1 is 1.07 bits per heavy atom. The van der Waals surface area contributed by atoms with Gasteiger partial charge < -0.3 is 0 Å². The molecular weight excluding hydrogens is 190 g/mol. The average Bonchev–Trinajstić information content (AvgIpc) is 2.28. The van der Waals surface area contributed by atoms with Crippen LogP contribution in [-0.4, -0.2) is 23.8 Å². The summed E-state index contributed by atoms with van der Waals surface area (Å²) >= 11 is 0. The number of hydrogen-bond acceptors (Lipinski definition) is 2. The molecule has 1 rings (SSSR count). The van der Waals surface area contributed by atoms with Crippen molar-refractivity contribution >= 4 is 11.8 Å². The van der Waals surface area contributed by atoms with Crippen molar-refractivity contribution in [3.63, 3.8) is 0 Å². The number of likely N-dealkylation sites (N-methyl/N-ethyl adjacent to an activating group) is 1. The number of rotatable bonds is 1. The van der Waals surface area contributed by atoms with E-state index in [1.807, 2.05) is 34.6 Å². The fourth-order valence-corrected chi connectivity index (χ4v) is 1.92. The smallest absolute Gasteiger partial charge is 0.257 e. The molecule has 0 aromatic carbocycles. The molecule has 0 N–H and O–H groups in total. The van der Waals surface area contributed by atoms with Crippen LogP contribution in [0.4, 0.5) is 0 Å². The van der Waals surface area contributed by atoms with E-state index in [9.17, 15) is 9.59 Å². The van der Waals surface area contributed by atoms with E-state index in [0.29, 0.717) is 11.1 Å². The third-order valence-corrected chi connectivity index (χ3v) is 2.65. The maximum absolute atomic E-state index is 11.9. The van der Waals surface area contributed by atoms with Crippen molar-refractivity contribution in [3.05, 3.63) is 11.1 Å². The number of carbonyl (C=O) groups is 2. The first kappa shape index (κ1) is 12.0. The van der Waals surface area contributed by atoms with Gasteiger partial charge in [0.25, 0.3) is 11.8 Å². The van der Waals surface area contributed by atoms with Crippen molar-refractivity contribution < 1.29 is 9.59 Å². The van der Waals surface area contributed by atoms with Crippen LogP contribution in [0.1, 0.15) is 34.6 Å². The molecule has 0 aliphatic carbocycles. The molecule has 0 atom stereocenters. The molecule has 0 saturated heterocycles. The Morgan fingerprint density at radius 3 is 1.80 bits per heavy atom. The van der Waals surface area contributed by atoms with E-state index >= 15 is 0 Å². The first-order valence-corrected chi connectivity index (χ1v) is 5.25. The van der Waals surface area contributed by atoms with Gasteiger partial charge in [0, 0.05) is 18.2 Å². The maximum atomic E-state index is 11.9. The SMILES string of the molecule is CC(C)C1=C(C(C)(C)C)C(=O)N(C)C1=O. The van der Waals surface area contributed by atoms with Crippen molar-refractivity contribution in [2.45, 2.75) is 34.6 Å². The lowest BCUT2D eigenvalue weighted by molar-refractivity contribution is -0.136. The van der Waals surface area contributed by atoms with Gasteiger partial charge in [-0.05, 0) is 11.3 Å². The molecule has 0 unspecified atom stereocenters. The molecule has 2 amide bonds. The molecule has 1 aliphatic rings. The minimum absolute atomic E-state index is 0.0978. The minimum atomic E-state index is -0.267. The van der Waals surface area contributed by atoms with E-state index in [1.165, 1.54) is 4.90 Å². The van der Waals surface area contributed by atoms with Gasteiger partial charge in [-0.2, -0.15) is 0 Å². The summed E-state index contributed by atoms with van der Waals surface area (Å²) in [6, 6.07) is 0. The number of hydrogen-bond donors (Lipinski definition) is 0. The van der Waals surface area contributed by atoms with Gasteiger partial charge in [-0.3, -0.25) is 14.5 Å². The summed E-state index contributed by atoms with van der Waals surface area (Å²) in [5.41, 5.74) is 1.08. The molecule has 15 heavy (non-hydrogen) atoms. The van der Waals surface area contributed by atoms with E-state index in [4.69, 9.17) is 0 Å². The number of amides is 2. The highest BCUT2D eigenvalue weighted by Gasteiger charge is 2.41. The van der Waals surface area contributed by atoms with Gasteiger partial charge in [0.15, 0.2) is 0 Å². The van der Waals surface area contributed by atoms with E-state index in [2.05, 4.69) is 0 Å². The van der Waals surface area contributed by atoms with Crippen LogP contribution < -0.4 is 0 Å². The zero-order valence-electron chi connectivity index (χ0n) is 10.3. The van der Waals surface area contributed by atoms with E-state index in [1.54, 1.807) is 7.05 Å². The topological polar surface area (TPSA) is 37.4 Å². The summed E-state index contributed by atoms with van der Waals surface area (Å²) in [7, 11) is 1.55. The third kappa shape index (κ3) is 1.83. The number of nitrogens with zero attached hydrogens (tertiary/aromatic N) is 1. The lowest BCUT2D eigenvalue weighted by atomic mass is 9.81. The molecule has 0 saturated carbocycles. The maximum Gasteiger partial charge on any atom is 0.257 e. The molecule has 3 nitrogen and oxygen atoms in total. The molecule has 1 aliphatic heterocycles. The van der Waals surface area contributed by atoms with Crippen molar-refractivity contribution in [1.29, 1.82) is 0 Å². The lowest BCUT2D eigenvalue weighted by Crippen LogP contribution is -2.29.